The summed E-state index contributed by atoms with van der Waals surface area (Å²) < 4.78 is 74.2. The van der Waals surface area contributed by atoms with Gasteiger partial charge in [-0.2, -0.15) is 5.06 Å². The summed E-state index contributed by atoms with van der Waals surface area (Å²) in [6.07, 6.45) is 3.80. The van der Waals surface area contributed by atoms with Gasteiger partial charge in [0.1, 0.15) is 0 Å². The Morgan fingerprint density at radius 2 is 1.80 bits per heavy atom. The van der Waals surface area contributed by atoms with Crippen molar-refractivity contribution in [3.05, 3.63) is 106 Å². The van der Waals surface area contributed by atoms with Crippen molar-refractivity contribution in [2.24, 2.45) is 17.8 Å². The zero-order valence-electron chi connectivity index (χ0n) is 24.4. The molecular weight excluding hydrogens is 645 g/mol. The molecule has 13 heteroatoms. The fourth-order valence-corrected chi connectivity index (χ4v) is 9.74. The number of anilines is 1. The van der Waals surface area contributed by atoms with Crippen LogP contribution in [-0.4, -0.2) is 50.4 Å². The molecule has 6 rings (SSSR count). The Kier molecular flexibility index (Phi) is 9.24. The standard InChI is InChI=1S/C33H30ClF3N2O6S/c34-26-9-8-22(33(41)38-25-13-27(35)30(37)28(36)14-25)12-29(26)46(42,43)32-20-6-7-21(32)11-23(10-20)31-24(16-44-18-40)17-45-39(31)15-19-4-2-1-3-5-19/h1-5,8-10,12-14,18,20-21,24,31-32H,6-7,11,15-17H2,(H,38,41)/t20-,21?,24?,31?,32+/m0/s1. The zero-order valence-corrected chi connectivity index (χ0v) is 25.9. The summed E-state index contributed by atoms with van der Waals surface area (Å²) in [5, 5.41) is 3.30. The number of carbonyl (C=O) groups excluding carboxylic acids is 2. The number of hydroxylamine groups is 2. The minimum Gasteiger partial charge on any atom is -0.467 e. The van der Waals surface area contributed by atoms with Crippen molar-refractivity contribution in [2.45, 2.75) is 42.0 Å². The number of hydrogen-bond acceptors (Lipinski definition) is 7. The highest BCUT2D eigenvalue weighted by atomic mass is 35.5. The van der Waals surface area contributed by atoms with Gasteiger partial charge in [-0.3, -0.25) is 14.4 Å². The minimum absolute atomic E-state index is 0.0612. The van der Waals surface area contributed by atoms with Gasteiger partial charge >= 0.3 is 0 Å². The summed E-state index contributed by atoms with van der Waals surface area (Å²) in [6.45, 7) is 1.42. The van der Waals surface area contributed by atoms with Gasteiger partial charge < -0.3 is 10.1 Å². The molecule has 1 N–H and O–H groups in total. The number of amides is 1. The molecule has 242 valence electrons. The normalized spacial score (nSPS) is 24.4. The van der Waals surface area contributed by atoms with Crippen LogP contribution >= 0.6 is 11.6 Å². The average Bonchev–Trinajstić information content (AvgIpc) is 3.56. The molecule has 1 amide bonds. The number of nitrogens with zero attached hydrogens (tertiary/aromatic N) is 1. The van der Waals surface area contributed by atoms with Gasteiger partial charge in [-0.1, -0.05) is 53.6 Å². The van der Waals surface area contributed by atoms with E-state index < -0.39 is 38.4 Å². The van der Waals surface area contributed by atoms with Crippen molar-refractivity contribution >= 4 is 39.5 Å². The summed E-state index contributed by atoms with van der Waals surface area (Å²) >= 11 is 6.40. The monoisotopic (exact) mass is 674 g/mol. The van der Waals surface area contributed by atoms with Crippen LogP contribution < -0.4 is 5.32 Å². The van der Waals surface area contributed by atoms with Crippen LogP contribution in [-0.2, 0) is 30.8 Å². The van der Waals surface area contributed by atoms with Crippen LogP contribution in [0.1, 0.15) is 35.2 Å². The summed E-state index contributed by atoms with van der Waals surface area (Å²) in [4.78, 5) is 29.8. The van der Waals surface area contributed by atoms with E-state index >= 15 is 0 Å². The Morgan fingerprint density at radius 3 is 2.50 bits per heavy atom. The predicted molar refractivity (Wildman–Crippen MR) is 163 cm³/mol. The number of allylic oxidation sites excluding steroid dienone is 1. The van der Waals surface area contributed by atoms with Crippen LogP contribution in [0.4, 0.5) is 18.9 Å². The van der Waals surface area contributed by atoms with Gasteiger partial charge in [0.15, 0.2) is 27.3 Å². The molecule has 3 aromatic carbocycles. The molecule has 1 heterocycles. The Bertz CT molecular complexity index is 1770. The zero-order chi connectivity index (χ0) is 32.6. The summed E-state index contributed by atoms with van der Waals surface area (Å²) in [5.74, 6) is -6.19. The van der Waals surface area contributed by atoms with Crippen molar-refractivity contribution in [3.63, 3.8) is 0 Å². The molecule has 46 heavy (non-hydrogen) atoms. The molecule has 2 aliphatic carbocycles. The number of halogens is 4. The summed E-state index contributed by atoms with van der Waals surface area (Å²) in [5.41, 5.74) is 1.63. The number of nitrogens with one attached hydrogen (secondary N) is 1. The van der Waals surface area contributed by atoms with E-state index in [1.807, 2.05) is 41.5 Å². The first kappa shape index (κ1) is 32.2. The smallest absolute Gasteiger partial charge is 0.293 e. The highest BCUT2D eigenvalue weighted by molar-refractivity contribution is 7.92. The number of ether oxygens (including phenoxy) is 1. The molecule has 3 aromatic rings. The van der Waals surface area contributed by atoms with Gasteiger partial charge in [-0.25, -0.2) is 21.6 Å². The lowest BCUT2D eigenvalue weighted by Crippen LogP contribution is -2.40. The van der Waals surface area contributed by atoms with Crippen LogP contribution in [0.5, 0.6) is 0 Å². The van der Waals surface area contributed by atoms with Crippen LogP contribution in [0.2, 0.25) is 5.02 Å². The number of sulfone groups is 1. The Hall–Kier alpha value is -3.71. The molecule has 8 nitrogen and oxygen atoms in total. The SMILES string of the molecule is O=COCC1CON(Cc2ccccc2)C1C1=C[C@@H]2CCC(C1)[C@@H]2S(=O)(=O)c1cc(C(=O)Nc2cc(F)c(F)c(F)c2)ccc1Cl. The van der Waals surface area contributed by atoms with Gasteiger partial charge in [0.25, 0.3) is 12.4 Å². The maximum absolute atomic E-state index is 14.2. The van der Waals surface area contributed by atoms with Crippen LogP contribution in [0.25, 0.3) is 0 Å². The first-order chi connectivity index (χ1) is 22.1. The second kappa shape index (κ2) is 13.2. The molecule has 1 aliphatic heterocycles. The van der Waals surface area contributed by atoms with E-state index in [1.54, 1.807) is 0 Å². The van der Waals surface area contributed by atoms with E-state index in [0.717, 1.165) is 17.2 Å². The van der Waals surface area contributed by atoms with Crippen molar-refractivity contribution in [1.29, 1.82) is 0 Å². The topological polar surface area (TPSA) is 102 Å². The highest BCUT2D eigenvalue weighted by Crippen LogP contribution is 2.49. The second-order valence-electron chi connectivity index (χ2n) is 11.8. The first-order valence-corrected chi connectivity index (χ1v) is 16.7. The van der Waals surface area contributed by atoms with E-state index in [2.05, 4.69) is 5.32 Å². The summed E-state index contributed by atoms with van der Waals surface area (Å²) in [7, 11) is -4.06. The molecule has 1 saturated heterocycles. The molecule has 0 aromatic heterocycles. The van der Waals surface area contributed by atoms with Gasteiger partial charge in [0, 0.05) is 35.8 Å². The number of carbonyl (C=O) groups is 2. The molecule has 1 saturated carbocycles. The molecule has 2 fully saturated rings. The lowest BCUT2D eigenvalue weighted by Gasteiger charge is -2.35. The number of hydrogen-bond donors (Lipinski definition) is 1. The first-order valence-electron chi connectivity index (χ1n) is 14.8. The number of rotatable bonds is 10. The van der Waals surface area contributed by atoms with Gasteiger partial charge in [-0.15, -0.1) is 0 Å². The number of benzene rings is 3. The van der Waals surface area contributed by atoms with E-state index in [1.165, 1.54) is 12.1 Å². The lowest BCUT2D eigenvalue weighted by atomic mass is 9.82. The predicted octanol–water partition coefficient (Wildman–Crippen LogP) is 6.11. The molecule has 5 atom stereocenters. The van der Waals surface area contributed by atoms with E-state index in [-0.39, 0.29) is 51.6 Å². The fraction of sp³-hybridized carbons (Fsp3) is 0.333. The van der Waals surface area contributed by atoms with Crippen LogP contribution in [0.15, 0.2) is 77.2 Å². The fourth-order valence-electron chi connectivity index (χ4n) is 6.97. The van der Waals surface area contributed by atoms with E-state index in [4.69, 9.17) is 21.2 Å². The minimum atomic E-state index is -4.06. The van der Waals surface area contributed by atoms with Crippen molar-refractivity contribution in [3.8, 4) is 0 Å². The van der Waals surface area contributed by atoms with E-state index in [9.17, 15) is 31.2 Å². The maximum Gasteiger partial charge on any atom is 0.293 e. The highest BCUT2D eigenvalue weighted by Gasteiger charge is 2.50. The van der Waals surface area contributed by atoms with Crippen LogP contribution in [0, 0.1) is 35.2 Å². The van der Waals surface area contributed by atoms with Gasteiger partial charge in [0.2, 0.25) is 0 Å². The summed E-state index contributed by atoms with van der Waals surface area (Å²) in [6, 6.07) is 14.6. The van der Waals surface area contributed by atoms with E-state index in [0.29, 0.717) is 51.0 Å². The molecule has 3 unspecified atom stereocenters. The third-order valence-corrected chi connectivity index (χ3v) is 11.8. The largest absolute Gasteiger partial charge is 0.467 e. The third-order valence-electron chi connectivity index (χ3n) is 8.93. The molecule has 3 aliphatic rings. The molecular formula is C33H30ClF3N2O6S. The van der Waals surface area contributed by atoms with Gasteiger partial charge in [-0.05, 0) is 54.9 Å². The molecule has 2 bridgehead atoms. The molecule has 0 radical (unpaired) electrons. The Balaban J connectivity index is 1.26. The Labute approximate surface area is 269 Å². The molecule has 0 spiro atoms. The van der Waals surface area contributed by atoms with Crippen molar-refractivity contribution in [1.82, 2.24) is 5.06 Å². The Morgan fingerprint density at radius 1 is 1.07 bits per heavy atom. The van der Waals surface area contributed by atoms with Crippen LogP contribution in [0.3, 0.4) is 0 Å². The quantitative estimate of drug-likeness (QED) is 0.157. The average molecular weight is 675 g/mol. The van der Waals surface area contributed by atoms with Crippen molar-refractivity contribution < 1.29 is 40.8 Å². The third kappa shape index (κ3) is 6.31. The number of fused-ring (bicyclic) bond motifs is 2. The second-order valence-corrected chi connectivity index (χ2v) is 14.3. The maximum atomic E-state index is 14.2. The van der Waals surface area contributed by atoms with Crippen molar-refractivity contribution in [2.75, 3.05) is 18.5 Å². The lowest BCUT2D eigenvalue weighted by molar-refractivity contribution is -0.133. The van der Waals surface area contributed by atoms with Gasteiger partial charge in [0.05, 0.1) is 34.4 Å².